The Balaban J connectivity index is 2.36. The van der Waals surface area contributed by atoms with Gasteiger partial charge < -0.3 is 9.15 Å². The van der Waals surface area contributed by atoms with Crippen molar-refractivity contribution in [2.75, 3.05) is 19.5 Å². The first-order chi connectivity index (χ1) is 7.27. The van der Waals surface area contributed by atoms with Crippen LogP contribution in [0.2, 0.25) is 0 Å². The van der Waals surface area contributed by atoms with E-state index in [0.717, 1.165) is 17.3 Å². The highest BCUT2D eigenvalue weighted by Crippen LogP contribution is 2.15. The molecule has 0 radical (unpaired) electrons. The molecule has 84 valence electrons. The maximum absolute atomic E-state index is 11.1. The van der Waals surface area contributed by atoms with Crippen molar-refractivity contribution in [2.45, 2.75) is 5.75 Å². The summed E-state index contributed by atoms with van der Waals surface area (Å²) in [6, 6.07) is 1.68. The van der Waals surface area contributed by atoms with Gasteiger partial charge >= 0.3 is 0 Å². The van der Waals surface area contributed by atoms with Crippen LogP contribution in [0.15, 0.2) is 16.7 Å². The third kappa shape index (κ3) is 3.94. The van der Waals surface area contributed by atoms with E-state index in [-0.39, 0.29) is 5.91 Å². The monoisotopic (exact) mass is 230 g/mol. The minimum Gasteiger partial charge on any atom is -0.468 e. The number of furan rings is 1. The number of methoxy groups -OCH3 is 1. The van der Waals surface area contributed by atoms with Crippen molar-refractivity contribution < 1.29 is 13.9 Å². The molecule has 0 bridgehead atoms. The molecule has 5 nitrogen and oxygen atoms in total. The zero-order valence-corrected chi connectivity index (χ0v) is 9.30. The number of thioether (sulfide) groups is 1. The Morgan fingerprint density at radius 3 is 3.20 bits per heavy atom. The van der Waals surface area contributed by atoms with Crippen molar-refractivity contribution in [2.24, 2.45) is 5.84 Å². The van der Waals surface area contributed by atoms with Gasteiger partial charge in [0, 0.05) is 12.9 Å². The molecule has 0 aliphatic rings. The van der Waals surface area contributed by atoms with Crippen LogP contribution in [0.3, 0.4) is 0 Å². The van der Waals surface area contributed by atoms with E-state index in [1.165, 1.54) is 6.26 Å². The Hall–Kier alpha value is -0.980. The first kappa shape index (κ1) is 12.1. The average molecular weight is 230 g/mol. The summed E-state index contributed by atoms with van der Waals surface area (Å²) in [5.41, 5.74) is 2.49. The molecule has 0 atom stereocenters. The normalized spacial score (nSPS) is 10.3. The molecular weight excluding hydrogens is 216 g/mol. The molecule has 1 aromatic heterocycles. The van der Waals surface area contributed by atoms with E-state index < -0.39 is 0 Å². The first-order valence-electron chi connectivity index (χ1n) is 4.43. The number of nitrogen functional groups attached to an aromatic ring is 1. The second-order valence-electron chi connectivity index (χ2n) is 2.82. The number of hydrogen-bond acceptors (Lipinski definition) is 5. The smallest absolute Gasteiger partial charge is 0.268 e. The van der Waals surface area contributed by atoms with E-state index >= 15 is 0 Å². The molecule has 0 aromatic carbocycles. The summed E-state index contributed by atoms with van der Waals surface area (Å²) in [6.45, 7) is 0.710. The van der Waals surface area contributed by atoms with Gasteiger partial charge in [0.1, 0.15) is 12.0 Å². The van der Waals surface area contributed by atoms with Gasteiger partial charge in [-0.3, -0.25) is 10.2 Å². The molecule has 0 aliphatic carbocycles. The summed E-state index contributed by atoms with van der Waals surface area (Å²) in [5, 5.41) is 0. The van der Waals surface area contributed by atoms with Crippen LogP contribution in [0.25, 0.3) is 0 Å². The number of nitrogens with two attached hydrogens (primary N) is 1. The lowest BCUT2D eigenvalue weighted by Crippen LogP contribution is -2.29. The number of hydrogen-bond donors (Lipinski definition) is 2. The summed E-state index contributed by atoms with van der Waals surface area (Å²) < 4.78 is 10.1. The van der Waals surface area contributed by atoms with Crippen molar-refractivity contribution in [1.82, 2.24) is 5.43 Å². The lowest BCUT2D eigenvalue weighted by Gasteiger charge is -1.97. The number of nitrogens with one attached hydrogen (secondary N) is 1. The highest BCUT2D eigenvalue weighted by atomic mass is 32.2. The van der Waals surface area contributed by atoms with E-state index in [4.69, 9.17) is 15.0 Å². The molecule has 1 aromatic rings. The fraction of sp³-hybridized carbons (Fsp3) is 0.444. The predicted molar refractivity (Wildman–Crippen MR) is 58.4 cm³/mol. The highest BCUT2D eigenvalue weighted by molar-refractivity contribution is 7.98. The van der Waals surface area contributed by atoms with Crippen LogP contribution in [0.4, 0.5) is 0 Å². The number of rotatable bonds is 6. The van der Waals surface area contributed by atoms with Gasteiger partial charge in [-0.15, -0.1) is 0 Å². The Bertz CT molecular complexity index is 314. The molecule has 1 amide bonds. The maximum Gasteiger partial charge on any atom is 0.268 e. The minimum atomic E-state index is -0.341. The van der Waals surface area contributed by atoms with E-state index in [0.29, 0.717) is 12.2 Å². The molecule has 1 rings (SSSR count). The maximum atomic E-state index is 11.1. The molecule has 0 saturated heterocycles. The second-order valence-corrected chi connectivity index (χ2v) is 3.93. The van der Waals surface area contributed by atoms with Gasteiger partial charge in [-0.05, 0) is 6.07 Å². The summed E-state index contributed by atoms with van der Waals surface area (Å²) >= 11 is 1.68. The van der Waals surface area contributed by atoms with Gasteiger partial charge in [-0.2, -0.15) is 11.8 Å². The van der Waals surface area contributed by atoms with Crippen molar-refractivity contribution >= 4 is 17.7 Å². The average Bonchev–Trinajstić information content (AvgIpc) is 2.72. The topological polar surface area (TPSA) is 77.5 Å². The van der Waals surface area contributed by atoms with Crippen LogP contribution >= 0.6 is 11.8 Å². The third-order valence-electron chi connectivity index (χ3n) is 1.72. The number of ether oxygens (including phenoxy) is 1. The van der Waals surface area contributed by atoms with Gasteiger partial charge in [0.25, 0.3) is 5.91 Å². The molecule has 6 heteroatoms. The molecule has 0 aliphatic heterocycles. The van der Waals surface area contributed by atoms with Crippen LogP contribution in [-0.4, -0.2) is 25.4 Å². The number of carbonyl (C=O) groups is 1. The van der Waals surface area contributed by atoms with Gasteiger partial charge in [-0.1, -0.05) is 0 Å². The zero-order valence-electron chi connectivity index (χ0n) is 8.49. The molecular formula is C9H14N2O3S. The predicted octanol–water partition coefficient (Wildman–Crippen LogP) is 0.763. The SMILES string of the molecule is COCCSCc1cc(C(=O)NN)co1. The lowest BCUT2D eigenvalue weighted by atomic mass is 10.3. The van der Waals surface area contributed by atoms with Crippen molar-refractivity contribution in [1.29, 1.82) is 0 Å². The van der Waals surface area contributed by atoms with E-state index in [9.17, 15) is 4.79 Å². The largest absolute Gasteiger partial charge is 0.468 e. The lowest BCUT2D eigenvalue weighted by molar-refractivity contribution is 0.0953. The Kier molecular flexibility index (Phi) is 5.23. The summed E-state index contributed by atoms with van der Waals surface area (Å²) in [4.78, 5) is 11.1. The van der Waals surface area contributed by atoms with E-state index in [1.54, 1.807) is 24.9 Å². The zero-order chi connectivity index (χ0) is 11.1. The fourth-order valence-corrected chi connectivity index (χ4v) is 1.76. The number of amides is 1. The summed E-state index contributed by atoms with van der Waals surface area (Å²) in [5.74, 6) is 7.03. The van der Waals surface area contributed by atoms with Crippen molar-refractivity contribution in [3.05, 3.63) is 23.7 Å². The Labute approximate surface area is 92.3 Å². The van der Waals surface area contributed by atoms with Crippen molar-refractivity contribution in [3.63, 3.8) is 0 Å². The molecule has 0 saturated carbocycles. The number of hydrazine groups is 1. The van der Waals surface area contributed by atoms with Gasteiger partial charge in [0.05, 0.1) is 17.9 Å². The van der Waals surface area contributed by atoms with Gasteiger partial charge in [-0.25, -0.2) is 5.84 Å². The quantitative estimate of drug-likeness (QED) is 0.326. The fourth-order valence-electron chi connectivity index (χ4n) is 0.974. The Morgan fingerprint density at radius 2 is 2.53 bits per heavy atom. The van der Waals surface area contributed by atoms with Crippen LogP contribution in [0.1, 0.15) is 16.1 Å². The van der Waals surface area contributed by atoms with Crippen LogP contribution in [-0.2, 0) is 10.5 Å². The second kappa shape index (κ2) is 6.49. The van der Waals surface area contributed by atoms with E-state index in [2.05, 4.69) is 0 Å². The van der Waals surface area contributed by atoms with Gasteiger partial charge in [0.15, 0.2) is 0 Å². The molecule has 0 spiro atoms. The minimum absolute atomic E-state index is 0.341. The Morgan fingerprint density at radius 1 is 1.73 bits per heavy atom. The standard InChI is InChI=1S/C9H14N2O3S/c1-13-2-3-15-6-8-4-7(5-14-8)9(12)11-10/h4-5H,2-3,6,10H2,1H3,(H,11,12). The summed E-state index contributed by atoms with van der Waals surface area (Å²) in [6.07, 6.45) is 1.40. The number of carbonyl (C=O) groups excluding carboxylic acids is 1. The van der Waals surface area contributed by atoms with E-state index in [1.807, 2.05) is 5.43 Å². The molecule has 3 N–H and O–H groups in total. The third-order valence-corrected chi connectivity index (χ3v) is 2.67. The van der Waals surface area contributed by atoms with Crippen LogP contribution in [0, 0.1) is 0 Å². The summed E-state index contributed by atoms with van der Waals surface area (Å²) in [7, 11) is 1.66. The van der Waals surface area contributed by atoms with Crippen molar-refractivity contribution in [3.8, 4) is 0 Å². The molecule has 1 heterocycles. The van der Waals surface area contributed by atoms with Crippen LogP contribution < -0.4 is 11.3 Å². The highest BCUT2D eigenvalue weighted by Gasteiger charge is 2.08. The molecule has 0 fully saturated rings. The molecule has 0 unspecified atom stereocenters. The molecule has 15 heavy (non-hydrogen) atoms. The first-order valence-corrected chi connectivity index (χ1v) is 5.58. The van der Waals surface area contributed by atoms with Crippen LogP contribution in [0.5, 0.6) is 0 Å². The van der Waals surface area contributed by atoms with Gasteiger partial charge in [0.2, 0.25) is 0 Å².